The van der Waals surface area contributed by atoms with Gasteiger partial charge in [0.05, 0.1) is 18.5 Å². The summed E-state index contributed by atoms with van der Waals surface area (Å²) in [5.41, 5.74) is 9.56. The molecule has 162 valence electrons. The van der Waals surface area contributed by atoms with E-state index in [0.29, 0.717) is 12.1 Å². The first-order chi connectivity index (χ1) is 14.9. The van der Waals surface area contributed by atoms with Gasteiger partial charge >= 0.3 is 0 Å². The van der Waals surface area contributed by atoms with Gasteiger partial charge in [-0.05, 0) is 64.4 Å². The Balaban J connectivity index is 1.66. The van der Waals surface area contributed by atoms with Gasteiger partial charge in [0, 0.05) is 35.6 Å². The van der Waals surface area contributed by atoms with E-state index in [1.807, 2.05) is 42.8 Å². The highest BCUT2D eigenvalue weighted by Gasteiger charge is 2.11. The average molecular weight is 418 g/mol. The maximum atomic E-state index is 12.4. The van der Waals surface area contributed by atoms with E-state index in [1.165, 1.54) is 11.1 Å². The van der Waals surface area contributed by atoms with Crippen LogP contribution >= 0.6 is 0 Å². The number of amides is 1. The van der Waals surface area contributed by atoms with Crippen molar-refractivity contribution in [1.82, 2.24) is 15.2 Å². The van der Waals surface area contributed by atoms with Gasteiger partial charge in [-0.25, -0.2) is 5.43 Å². The first-order valence-electron chi connectivity index (χ1n) is 10.7. The highest BCUT2D eigenvalue weighted by Crippen LogP contribution is 2.15. The largest absolute Gasteiger partial charge is 0.372 e. The summed E-state index contributed by atoms with van der Waals surface area (Å²) in [6, 6.07) is 16.0. The van der Waals surface area contributed by atoms with Crippen LogP contribution in [0.4, 0.5) is 5.69 Å². The quantitative estimate of drug-likeness (QED) is 0.435. The molecule has 2 aromatic carbocycles. The van der Waals surface area contributed by atoms with Gasteiger partial charge in [-0.2, -0.15) is 10.2 Å². The van der Waals surface area contributed by atoms with Gasteiger partial charge in [-0.15, -0.1) is 0 Å². The number of aromatic nitrogens is 2. The Labute approximate surface area is 184 Å². The number of hydrogen-bond donors (Lipinski definition) is 1. The summed E-state index contributed by atoms with van der Waals surface area (Å²) in [6.07, 6.45) is 1.67. The van der Waals surface area contributed by atoms with Crippen LogP contribution in [0.1, 0.15) is 52.3 Å². The summed E-state index contributed by atoms with van der Waals surface area (Å²) in [6.45, 7) is 12.8. The van der Waals surface area contributed by atoms with Crippen molar-refractivity contribution >= 4 is 17.8 Å². The topological polar surface area (TPSA) is 62.5 Å². The van der Waals surface area contributed by atoms with Crippen LogP contribution in [0, 0.1) is 20.8 Å². The highest BCUT2D eigenvalue weighted by molar-refractivity contribution is 5.95. The number of nitrogens with one attached hydrogen (secondary N) is 1. The van der Waals surface area contributed by atoms with Gasteiger partial charge in [-0.3, -0.25) is 9.48 Å². The first-order valence-corrected chi connectivity index (χ1v) is 10.7. The predicted molar refractivity (Wildman–Crippen MR) is 127 cm³/mol. The lowest BCUT2D eigenvalue weighted by atomic mass is 10.1. The molecule has 0 aliphatic heterocycles. The fraction of sp³-hybridized carbons (Fsp3) is 0.320. The molecule has 0 bridgehead atoms. The smallest absolute Gasteiger partial charge is 0.271 e. The Morgan fingerprint density at radius 1 is 1.03 bits per heavy atom. The number of benzene rings is 2. The molecule has 0 unspecified atom stereocenters. The maximum absolute atomic E-state index is 12.4. The Kier molecular flexibility index (Phi) is 7.23. The monoisotopic (exact) mass is 417 g/mol. The number of hydrogen-bond acceptors (Lipinski definition) is 4. The number of carbonyl (C=O) groups is 1. The highest BCUT2D eigenvalue weighted by atomic mass is 16.2. The van der Waals surface area contributed by atoms with E-state index in [2.05, 4.69) is 65.6 Å². The van der Waals surface area contributed by atoms with E-state index < -0.39 is 0 Å². The van der Waals surface area contributed by atoms with E-state index in [-0.39, 0.29) is 5.91 Å². The summed E-state index contributed by atoms with van der Waals surface area (Å²) in [5.74, 6) is -0.232. The van der Waals surface area contributed by atoms with E-state index in [1.54, 1.807) is 6.21 Å². The van der Waals surface area contributed by atoms with Gasteiger partial charge in [0.1, 0.15) is 0 Å². The molecule has 0 saturated carbocycles. The van der Waals surface area contributed by atoms with Crippen LogP contribution in [0.3, 0.4) is 0 Å². The summed E-state index contributed by atoms with van der Waals surface area (Å²) >= 11 is 0. The second-order valence-corrected chi connectivity index (χ2v) is 7.65. The van der Waals surface area contributed by atoms with Gasteiger partial charge in [0.15, 0.2) is 0 Å². The van der Waals surface area contributed by atoms with E-state index in [0.717, 1.165) is 35.7 Å². The lowest BCUT2D eigenvalue weighted by Gasteiger charge is -2.20. The van der Waals surface area contributed by atoms with Crippen LogP contribution in [-0.4, -0.2) is 35.0 Å². The molecule has 1 aromatic heterocycles. The molecule has 3 aromatic rings. The van der Waals surface area contributed by atoms with Gasteiger partial charge in [0.2, 0.25) is 0 Å². The Bertz CT molecular complexity index is 1040. The summed E-state index contributed by atoms with van der Waals surface area (Å²) in [7, 11) is 0. The first kappa shape index (κ1) is 22.3. The van der Waals surface area contributed by atoms with Crippen LogP contribution in [0.25, 0.3) is 0 Å². The number of carbonyl (C=O) groups excluding carboxylic acids is 1. The normalized spacial score (nSPS) is 11.1. The molecule has 1 amide bonds. The zero-order valence-corrected chi connectivity index (χ0v) is 19.0. The third-order valence-corrected chi connectivity index (χ3v) is 5.51. The Morgan fingerprint density at radius 2 is 1.68 bits per heavy atom. The van der Waals surface area contributed by atoms with Crippen LogP contribution in [0.15, 0.2) is 53.6 Å². The molecule has 0 atom stereocenters. The van der Waals surface area contributed by atoms with Crippen molar-refractivity contribution in [3.05, 3.63) is 82.2 Å². The minimum absolute atomic E-state index is 0.232. The van der Waals surface area contributed by atoms with Crippen molar-refractivity contribution in [3.63, 3.8) is 0 Å². The summed E-state index contributed by atoms with van der Waals surface area (Å²) in [4.78, 5) is 14.7. The second-order valence-electron chi connectivity index (χ2n) is 7.65. The molecule has 0 radical (unpaired) electrons. The molecule has 1 N–H and O–H groups in total. The van der Waals surface area contributed by atoms with Gasteiger partial charge in [0.25, 0.3) is 5.91 Å². The lowest BCUT2D eigenvalue weighted by molar-refractivity contribution is 0.0955. The molecule has 0 fully saturated rings. The number of rotatable bonds is 8. The van der Waals surface area contributed by atoms with Crippen molar-refractivity contribution in [2.45, 2.75) is 41.2 Å². The minimum Gasteiger partial charge on any atom is -0.372 e. The summed E-state index contributed by atoms with van der Waals surface area (Å²) in [5, 5.41) is 8.81. The van der Waals surface area contributed by atoms with Crippen molar-refractivity contribution in [1.29, 1.82) is 0 Å². The Hall–Kier alpha value is -3.41. The number of hydrazone groups is 1. The fourth-order valence-electron chi connectivity index (χ4n) is 3.55. The van der Waals surface area contributed by atoms with Crippen molar-refractivity contribution in [2.75, 3.05) is 18.0 Å². The predicted octanol–water partition coefficient (Wildman–Crippen LogP) is 4.47. The fourth-order valence-corrected chi connectivity index (χ4v) is 3.55. The van der Waals surface area contributed by atoms with Crippen LogP contribution < -0.4 is 10.3 Å². The third kappa shape index (κ3) is 5.40. The van der Waals surface area contributed by atoms with E-state index in [4.69, 9.17) is 0 Å². The van der Waals surface area contributed by atoms with Crippen LogP contribution in [-0.2, 0) is 6.54 Å². The summed E-state index contributed by atoms with van der Waals surface area (Å²) < 4.78 is 1.97. The number of nitrogens with zero attached hydrogens (tertiary/aromatic N) is 4. The molecule has 3 rings (SSSR count). The molecule has 0 aliphatic carbocycles. The molecule has 0 spiro atoms. The SMILES string of the molecule is CCN(CC)c1ccc(C(=O)N/N=C\c2c(C)nn(Cc3ccc(C)cc3)c2C)cc1. The lowest BCUT2D eigenvalue weighted by Crippen LogP contribution is -2.22. The molecule has 0 saturated heterocycles. The second kappa shape index (κ2) is 10.1. The molecule has 31 heavy (non-hydrogen) atoms. The molecule has 6 nitrogen and oxygen atoms in total. The minimum atomic E-state index is -0.232. The standard InChI is InChI=1S/C25H31N5O/c1-6-29(7-2)23-14-12-22(13-15-23)25(31)27-26-16-24-19(4)28-30(20(24)5)17-21-10-8-18(3)9-11-21/h8-16H,6-7,17H2,1-5H3,(H,27,31)/b26-16-. The molecular weight excluding hydrogens is 386 g/mol. The van der Waals surface area contributed by atoms with Crippen molar-refractivity contribution < 1.29 is 4.79 Å². The molecule has 6 heteroatoms. The van der Waals surface area contributed by atoms with Crippen LogP contribution in [0.5, 0.6) is 0 Å². The number of anilines is 1. The van der Waals surface area contributed by atoms with Crippen molar-refractivity contribution in [2.24, 2.45) is 5.10 Å². The third-order valence-electron chi connectivity index (χ3n) is 5.51. The average Bonchev–Trinajstić information content (AvgIpc) is 3.04. The van der Waals surface area contributed by atoms with E-state index in [9.17, 15) is 4.79 Å². The zero-order chi connectivity index (χ0) is 22.4. The molecule has 0 aliphatic rings. The zero-order valence-electron chi connectivity index (χ0n) is 19.0. The van der Waals surface area contributed by atoms with E-state index >= 15 is 0 Å². The molecular formula is C25H31N5O. The van der Waals surface area contributed by atoms with Gasteiger partial charge in [-0.1, -0.05) is 29.8 Å². The number of aryl methyl sites for hydroxylation is 2. The van der Waals surface area contributed by atoms with Crippen molar-refractivity contribution in [3.8, 4) is 0 Å². The Morgan fingerprint density at radius 3 is 2.29 bits per heavy atom. The van der Waals surface area contributed by atoms with Gasteiger partial charge < -0.3 is 4.90 Å². The maximum Gasteiger partial charge on any atom is 0.271 e. The van der Waals surface area contributed by atoms with Crippen LogP contribution in [0.2, 0.25) is 0 Å². The molecule has 1 heterocycles.